The van der Waals surface area contributed by atoms with Crippen LogP contribution >= 0.6 is 15.9 Å². The topological polar surface area (TPSA) is 50.2 Å². The zero-order valence-electron chi connectivity index (χ0n) is 5.84. The minimum atomic E-state index is -0.965. The van der Waals surface area contributed by atoms with E-state index in [4.69, 9.17) is 5.11 Å². The van der Waals surface area contributed by atoms with Gasteiger partial charge >= 0.3 is 5.97 Å². The lowest BCUT2D eigenvalue weighted by molar-refractivity contribution is 0.0695. The highest BCUT2D eigenvalue weighted by molar-refractivity contribution is 9.10. The fourth-order valence-electron chi connectivity index (χ4n) is 0.698. The maximum absolute atomic E-state index is 10.5. The van der Waals surface area contributed by atoms with Gasteiger partial charge in [0.05, 0.1) is 5.56 Å². The largest absolute Gasteiger partial charge is 0.478 e. The number of carboxylic acid groups (broad SMARTS) is 1. The molecule has 1 rings (SSSR count). The molecule has 0 spiro atoms. The van der Waals surface area contributed by atoms with Gasteiger partial charge in [0.2, 0.25) is 0 Å². The number of halogens is 1. The van der Waals surface area contributed by atoms with E-state index >= 15 is 0 Å². The van der Waals surface area contributed by atoms with Gasteiger partial charge in [-0.25, -0.2) is 4.79 Å². The Hall–Kier alpha value is -0.835. The monoisotopic (exact) mass is 213 g/mol. The van der Waals surface area contributed by atoms with E-state index < -0.39 is 5.97 Å². The third-order valence-electron chi connectivity index (χ3n) is 1.28. The number of hydrogen-bond acceptors (Lipinski definition) is 2. The van der Waals surface area contributed by atoms with Crippen LogP contribution in [0.4, 0.5) is 0 Å². The van der Waals surface area contributed by atoms with Gasteiger partial charge in [0.25, 0.3) is 0 Å². The summed E-state index contributed by atoms with van der Waals surface area (Å²) in [5.41, 5.74) is 1.02. The molecule has 3 nitrogen and oxygen atoms in total. The lowest BCUT2D eigenvalue weighted by Gasteiger charge is -1.99. The van der Waals surface area contributed by atoms with Crippen molar-refractivity contribution in [3.63, 3.8) is 0 Å². The third kappa shape index (κ3) is 1.60. The predicted octanol–water partition coefficient (Wildman–Crippen LogP) is -0.199. The van der Waals surface area contributed by atoms with Crippen LogP contribution < -0.4 is 5.46 Å². The minimum absolute atomic E-state index is 0.199. The van der Waals surface area contributed by atoms with Crippen LogP contribution in [-0.2, 0) is 0 Å². The Morgan fingerprint density at radius 2 is 2.27 bits per heavy atom. The van der Waals surface area contributed by atoms with Crippen molar-refractivity contribution in [2.75, 3.05) is 0 Å². The fraction of sp³-hybridized carbons (Fsp3) is 0. The number of aromatic carboxylic acids is 1. The Kier molecular flexibility index (Phi) is 2.29. The van der Waals surface area contributed by atoms with Crippen LogP contribution in [0.3, 0.4) is 0 Å². The Bertz CT molecular complexity index is 303. The quantitative estimate of drug-likeness (QED) is 0.658. The first-order valence-electron chi connectivity index (χ1n) is 2.96. The molecule has 11 heavy (non-hydrogen) atoms. The molecule has 1 heterocycles. The van der Waals surface area contributed by atoms with Crippen molar-refractivity contribution >= 4 is 35.2 Å². The first-order valence-corrected chi connectivity index (χ1v) is 3.75. The number of carbonyl (C=O) groups is 1. The third-order valence-corrected chi connectivity index (χ3v) is 2.34. The summed E-state index contributed by atoms with van der Waals surface area (Å²) in [7, 11) is 1.80. The average Bonchev–Trinajstić information content (AvgIpc) is 1.94. The Labute approximate surface area is 73.0 Å². The highest BCUT2D eigenvalue weighted by atomic mass is 79.9. The molecule has 0 unspecified atom stereocenters. The number of rotatable bonds is 1. The Balaban J connectivity index is 3.27. The highest BCUT2D eigenvalue weighted by Crippen LogP contribution is 2.11. The molecule has 0 amide bonds. The fourth-order valence-corrected chi connectivity index (χ4v) is 1.07. The van der Waals surface area contributed by atoms with Gasteiger partial charge in [-0.05, 0) is 0 Å². The number of hydrogen-bond donors (Lipinski definition) is 1. The van der Waals surface area contributed by atoms with Crippen molar-refractivity contribution in [1.29, 1.82) is 0 Å². The molecule has 0 saturated carbocycles. The second-order valence-corrected chi connectivity index (χ2v) is 2.92. The molecule has 56 valence electrons. The molecule has 0 fully saturated rings. The lowest BCUT2D eigenvalue weighted by Crippen LogP contribution is -2.11. The summed E-state index contributed by atoms with van der Waals surface area (Å²) in [5, 5.41) is 8.62. The van der Waals surface area contributed by atoms with Gasteiger partial charge in [-0.3, -0.25) is 4.98 Å². The summed E-state index contributed by atoms with van der Waals surface area (Å²) in [6.45, 7) is 0. The molecule has 0 aliphatic carbocycles. The molecule has 0 radical (unpaired) electrons. The van der Waals surface area contributed by atoms with E-state index in [-0.39, 0.29) is 5.56 Å². The molecule has 0 aromatic carbocycles. The maximum Gasteiger partial charge on any atom is 0.338 e. The van der Waals surface area contributed by atoms with E-state index in [0.717, 1.165) is 5.46 Å². The van der Waals surface area contributed by atoms with Crippen molar-refractivity contribution < 1.29 is 9.90 Å². The zero-order chi connectivity index (χ0) is 8.43. The summed E-state index contributed by atoms with van der Waals surface area (Å²) in [4.78, 5) is 14.3. The van der Waals surface area contributed by atoms with Crippen LogP contribution in [0.5, 0.6) is 0 Å². The molecule has 5 heteroatoms. The van der Waals surface area contributed by atoms with Crippen molar-refractivity contribution in [3.05, 3.63) is 22.4 Å². The van der Waals surface area contributed by atoms with E-state index in [2.05, 4.69) is 20.9 Å². The van der Waals surface area contributed by atoms with E-state index in [1.165, 1.54) is 6.20 Å². The molecule has 1 N–H and O–H groups in total. The molecule has 1 aromatic rings. The first-order chi connectivity index (χ1) is 5.13. The number of aromatic nitrogens is 1. The van der Waals surface area contributed by atoms with Crippen molar-refractivity contribution in [2.24, 2.45) is 0 Å². The van der Waals surface area contributed by atoms with Crippen LogP contribution in [0.1, 0.15) is 10.4 Å². The average molecular weight is 214 g/mol. The SMILES string of the molecule is Bc1cncc(C(=O)O)c1Br. The Morgan fingerprint density at radius 3 is 2.73 bits per heavy atom. The van der Waals surface area contributed by atoms with Crippen molar-refractivity contribution in [1.82, 2.24) is 4.98 Å². The second-order valence-electron chi connectivity index (χ2n) is 2.12. The van der Waals surface area contributed by atoms with Crippen LogP contribution in [0.2, 0.25) is 0 Å². The van der Waals surface area contributed by atoms with Crippen LogP contribution in [0.15, 0.2) is 16.9 Å². The predicted molar refractivity (Wildman–Crippen MR) is 47.1 cm³/mol. The normalized spacial score (nSPS) is 9.55. The maximum atomic E-state index is 10.5. The van der Waals surface area contributed by atoms with Gasteiger partial charge in [0, 0.05) is 16.9 Å². The highest BCUT2D eigenvalue weighted by Gasteiger charge is 2.08. The summed E-state index contributed by atoms with van der Waals surface area (Å²) in [5.74, 6) is -0.965. The summed E-state index contributed by atoms with van der Waals surface area (Å²) in [6.07, 6.45) is 2.93. The first kappa shape index (κ1) is 8.26. The van der Waals surface area contributed by atoms with Gasteiger partial charge in [-0.15, -0.1) is 0 Å². The van der Waals surface area contributed by atoms with Gasteiger partial charge in [0.15, 0.2) is 0 Å². The van der Waals surface area contributed by atoms with E-state index in [9.17, 15) is 4.79 Å². The summed E-state index contributed by atoms with van der Waals surface area (Å²) >= 11 is 3.16. The molecule has 0 saturated heterocycles. The number of nitrogens with zero attached hydrogens (tertiary/aromatic N) is 1. The number of carboxylic acids is 1. The summed E-state index contributed by atoms with van der Waals surface area (Å²) in [6, 6.07) is 0. The Morgan fingerprint density at radius 1 is 1.64 bits per heavy atom. The van der Waals surface area contributed by atoms with Gasteiger partial charge in [-0.1, -0.05) is 21.4 Å². The standard InChI is InChI=1S/C6H5BBrNO2/c7-4-2-9-1-3(5(4)8)6(10)11/h1-2H,7H2,(H,10,11). The van der Waals surface area contributed by atoms with Crippen LogP contribution in [-0.4, -0.2) is 23.9 Å². The molecule has 0 bridgehead atoms. The van der Waals surface area contributed by atoms with E-state index in [1.54, 1.807) is 14.0 Å². The summed E-state index contributed by atoms with van der Waals surface area (Å²) < 4.78 is 0.597. The molecule has 0 aliphatic rings. The van der Waals surface area contributed by atoms with Gasteiger partial charge < -0.3 is 5.11 Å². The molecule has 1 aromatic heterocycles. The molecular weight excluding hydrogens is 209 g/mol. The molecular formula is C6H5BBrNO2. The lowest BCUT2D eigenvalue weighted by atomic mass is 9.97. The van der Waals surface area contributed by atoms with E-state index in [1.807, 2.05) is 0 Å². The second kappa shape index (κ2) is 3.05. The zero-order valence-corrected chi connectivity index (χ0v) is 7.42. The van der Waals surface area contributed by atoms with Crippen LogP contribution in [0.25, 0.3) is 0 Å². The smallest absolute Gasteiger partial charge is 0.338 e. The van der Waals surface area contributed by atoms with Gasteiger partial charge in [-0.2, -0.15) is 0 Å². The van der Waals surface area contributed by atoms with E-state index in [0.29, 0.717) is 4.47 Å². The minimum Gasteiger partial charge on any atom is -0.478 e. The van der Waals surface area contributed by atoms with Gasteiger partial charge in [0.1, 0.15) is 7.85 Å². The van der Waals surface area contributed by atoms with Crippen molar-refractivity contribution in [2.45, 2.75) is 0 Å². The number of pyridine rings is 1. The molecule has 0 aliphatic heterocycles. The van der Waals surface area contributed by atoms with Crippen molar-refractivity contribution in [3.8, 4) is 0 Å². The van der Waals surface area contributed by atoms with Crippen LogP contribution in [0, 0.1) is 0 Å². The molecule has 0 atom stereocenters.